The second-order valence-corrected chi connectivity index (χ2v) is 7.70. The summed E-state index contributed by atoms with van der Waals surface area (Å²) in [6.45, 7) is 2.66. The topological polar surface area (TPSA) is 55.1 Å². The van der Waals surface area contributed by atoms with Crippen molar-refractivity contribution >= 4 is 35.0 Å². The number of imidazole rings is 1. The van der Waals surface area contributed by atoms with Gasteiger partial charge in [0.15, 0.2) is 0 Å². The van der Waals surface area contributed by atoms with Crippen molar-refractivity contribution in [3.63, 3.8) is 0 Å². The van der Waals surface area contributed by atoms with Crippen molar-refractivity contribution in [3.05, 3.63) is 80.5 Å². The summed E-state index contributed by atoms with van der Waals surface area (Å²) in [6, 6.07) is 11.6. The van der Waals surface area contributed by atoms with Gasteiger partial charge >= 0.3 is 5.97 Å². The maximum absolute atomic E-state index is 11.8. The quantitative estimate of drug-likeness (QED) is 0.521. The van der Waals surface area contributed by atoms with Crippen LogP contribution in [0.25, 0.3) is 6.08 Å². The molecule has 0 aliphatic carbocycles. The number of carboxylic acid groups (broad SMARTS) is 1. The van der Waals surface area contributed by atoms with Crippen LogP contribution in [0.3, 0.4) is 0 Å². The third-order valence-corrected chi connectivity index (χ3v) is 5.52. The van der Waals surface area contributed by atoms with Gasteiger partial charge in [0.1, 0.15) is 5.82 Å². The van der Waals surface area contributed by atoms with Gasteiger partial charge in [-0.15, -0.1) is 11.3 Å². The van der Waals surface area contributed by atoms with E-state index in [-0.39, 0.29) is 0 Å². The van der Waals surface area contributed by atoms with Crippen molar-refractivity contribution in [3.8, 4) is 0 Å². The number of hydrogen-bond donors (Lipinski definition) is 1. The van der Waals surface area contributed by atoms with E-state index >= 15 is 0 Å². The van der Waals surface area contributed by atoms with Crippen molar-refractivity contribution < 1.29 is 9.90 Å². The number of carbonyl (C=O) groups is 1. The smallest absolute Gasteiger partial charge is 0.332 e. The number of aliphatic carboxylic acids is 1. The largest absolute Gasteiger partial charge is 0.478 e. The van der Waals surface area contributed by atoms with E-state index in [9.17, 15) is 9.90 Å². The lowest BCUT2D eigenvalue weighted by Crippen LogP contribution is -2.09. The number of hydrogen-bond acceptors (Lipinski definition) is 3. The van der Waals surface area contributed by atoms with Gasteiger partial charge in [-0.25, -0.2) is 9.78 Å². The van der Waals surface area contributed by atoms with Gasteiger partial charge in [0, 0.05) is 28.3 Å². The van der Waals surface area contributed by atoms with Crippen LogP contribution in [0.4, 0.5) is 0 Å². The average molecular weight is 401 g/mol. The number of aryl methyl sites for hydroxylation is 1. The van der Waals surface area contributed by atoms with Crippen LogP contribution < -0.4 is 0 Å². The summed E-state index contributed by atoms with van der Waals surface area (Å²) >= 11 is 7.89. The first-order valence-corrected chi connectivity index (χ1v) is 10.1. The molecule has 27 heavy (non-hydrogen) atoms. The fraction of sp³-hybridized carbons (Fsp3) is 0.238. The van der Waals surface area contributed by atoms with Crippen LogP contribution >= 0.6 is 22.9 Å². The molecule has 0 saturated heterocycles. The zero-order valence-corrected chi connectivity index (χ0v) is 16.6. The van der Waals surface area contributed by atoms with E-state index in [1.54, 1.807) is 23.6 Å². The molecule has 0 atom stereocenters. The average Bonchev–Trinajstić information content (AvgIpc) is 3.28. The summed E-state index contributed by atoms with van der Waals surface area (Å²) in [5.41, 5.74) is 2.12. The number of benzene rings is 1. The number of carboxylic acids is 1. The summed E-state index contributed by atoms with van der Waals surface area (Å²) in [6.07, 6.45) is 5.66. The summed E-state index contributed by atoms with van der Waals surface area (Å²) in [4.78, 5) is 17.3. The molecule has 0 unspecified atom stereocenters. The molecule has 1 aromatic carbocycles. The highest BCUT2D eigenvalue weighted by molar-refractivity contribution is 7.09. The van der Waals surface area contributed by atoms with Crippen molar-refractivity contribution in [2.45, 2.75) is 32.7 Å². The molecule has 140 valence electrons. The van der Waals surface area contributed by atoms with Crippen LogP contribution in [0.5, 0.6) is 0 Å². The van der Waals surface area contributed by atoms with Gasteiger partial charge in [0.05, 0.1) is 18.4 Å². The number of halogens is 1. The van der Waals surface area contributed by atoms with E-state index < -0.39 is 5.97 Å². The summed E-state index contributed by atoms with van der Waals surface area (Å²) < 4.78 is 2.06. The minimum atomic E-state index is -0.911. The first-order valence-electron chi connectivity index (χ1n) is 8.82. The molecule has 0 saturated carbocycles. The van der Waals surface area contributed by atoms with Crippen LogP contribution in [-0.2, 0) is 24.2 Å². The third kappa shape index (κ3) is 4.87. The highest BCUT2D eigenvalue weighted by Crippen LogP contribution is 2.22. The molecule has 0 spiro atoms. The van der Waals surface area contributed by atoms with Gasteiger partial charge in [-0.05, 0) is 35.6 Å². The Bertz CT molecular complexity index is 945. The van der Waals surface area contributed by atoms with Crippen molar-refractivity contribution in [1.82, 2.24) is 9.55 Å². The lowest BCUT2D eigenvalue weighted by atomic mass is 10.1. The molecule has 1 N–H and O–H groups in total. The van der Waals surface area contributed by atoms with Crippen molar-refractivity contribution in [1.29, 1.82) is 0 Å². The first-order chi connectivity index (χ1) is 13.1. The Hall–Kier alpha value is -2.37. The molecule has 2 heterocycles. The molecular formula is C21H21ClN2O2S. The number of thiophene rings is 1. The molecular weight excluding hydrogens is 380 g/mol. The van der Waals surface area contributed by atoms with Crippen LogP contribution in [0.15, 0.2) is 53.5 Å². The van der Waals surface area contributed by atoms with Gasteiger partial charge in [-0.2, -0.15) is 0 Å². The molecule has 6 heteroatoms. The first kappa shape index (κ1) is 19.4. The molecule has 0 radical (unpaired) electrons. The highest BCUT2D eigenvalue weighted by Gasteiger charge is 2.14. The van der Waals surface area contributed by atoms with Crippen LogP contribution in [-0.4, -0.2) is 20.6 Å². The molecule has 3 aromatic rings. The van der Waals surface area contributed by atoms with Crippen molar-refractivity contribution in [2.24, 2.45) is 0 Å². The Labute approximate surface area is 167 Å². The van der Waals surface area contributed by atoms with E-state index in [1.807, 2.05) is 41.8 Å². The summed E-state index contributed by atoms with van der Waals surface area (Å²) in [5.74, 6) is 0.0236. The standard InChI is InChI=1S/C21H21ClN2O2S/c1-2-6-20-23-13-17(24(20)14-15-7-3-4-9-19(15)22)11-16(21(25)26)12-18-8-5-10-27-18/h3-5,7-11,13H,2,6,12,14H2,1H3,(H,25,26)/b16-11-. The fourth-order valence-electron chi connectivity index (χ4n) is 2.91. The second-order valence-electron chi connectivity index (χ2n) is 6.26. The molecule has 0 bridgehead atoms. The van der Waals surface area contributed by atoms with Crippen LogP contribution in [0.1, 0.15) is 35.3 Å². The molecule has 0 amide bonds. The minimum Gasteiger partial charge on any atom is -0.478 e. The molecule has 2 aromatic heterocycles. The van der Waals surface area contributed by atoms with Gasteiger partial charge in [-0.1, -0.05) is 42.8 Å². The summed E-state index contributed by atoms with van der Waals surface area (Å²) in [7, 11) is 0. The van der Waals surface area contributed by atoms with Gasteiger partial charge in [0.25, 0.3) is 0 Å². The third-order valence-electron chi connectivity index (χ3n) is 4.27. The molecule has 3 rings (SSSR count). The van der Waals surface area contributed by atoms with Gasteiger partial charge < -0.3 is 9.67 Å². The molecule has 0 fully saturated rings. The van der Waals surface area contributed by atoms with Gasteiger partial charge in [0.2, 0.25) is 0 Å². The molecule has 0 aliphatic heterocycles. The SMILES string of the molecule is CCCc1ncc(/C=C(/Cc2cccs2)C(=O)O)n1Cc1ccccc1Cl. The van der Waals surface area contributed by atoms with E-state index in [1.165, 1.54) is 0 Å². The normalized spacial score (nSPS) is 11.7. The Kier molecular flexibility index (Phi) is 6.48. The lowest BCUT2D eigenvalue weighted by Gasteiger charge is -2.12. The zero-order chi connectivity index (χ0) is 19.2. The van der Waals surface area contributed by atoms with Crippen molar-refractivity contribution in [2.75, 3.05) is 0 Å². The van der Waals surface area contributed by atoms with E-state index in [0.717, 1.165) is 34.8 Å². The highest BCUT2D eigenvalue weighted by atomic mass is 35.5. The summed E-state index contributed by atoms with van der Waals surface area (Å²) in [5, 5.41) is 12.3. The van der Waals surface area contributed by atoms with Gasteiger partial charge in [-0.3, -0.25) is 0 Å². The Balaban J connectivity index is 1.98. The lowest BCUT2D eigenvalue weighted by molar-refractivity contribution is -0.132. The predicted octanol–water partition coefficient (Wildman–Crippen LogP) is 5.31. The van der Waals surface area contributed by atoms with E-state index in [4.69, 9.17) is 11.6 Å². The van der Waals surface area contributed by atoms with E-state index in [0.29, 0.717) is 23.6 Å². The Morgan fingerprint density at radius 2 is 2.11 bits per heavy atom. The predicted molar refractivity (Wildman–Crippen MR) is 110 cm³/mol. The Morgan fingerprint density at radius 1 is 1.30 bits per heavy atom. The Morgan fingerprint density at radius 3 is 2.78 bits per heavy atom. The second kappa shape index (κ2) is 9.02. The maximum atomic E-state index is 11.8. The number of rotatable bonds is 8. The van der Waals surface area contributed by atoms with Crippen LogP contribution in [0, 0.1) is 0 Å². The van der Waals surface area contributed by atoms with E-state index in [2.05, 4.69) is 16.5 Å². The molecule has 0 aliphatic rings. The number of nitrogens with zero attached hydrogens (tertiary/aromatic N) is 2. The zero-order valence-electron chi connectivity index (χ0n) is 15.1. The number of aromatic nitrogens is 2. The maximum Gasteiger partial charge on any atom is 0.332 e. The van der Waals surface area contributed by atoms with Crippen LogP contribution in [0.2, 0.25) is 5.02 Å². The fourth-order valence-corrected chi connectivity index (χ4v) is 3.84. The minimum absolute atomic E-state index is 0.348. The molecule has 4 nitrogen and oxygen atoms in total. The monoisotopic (exact) mass is 400 g/mol.